The lowest BCUT2D eigenvalue weighted by Crippen LogP contribution is -2.30. The highest BCUT2D eigenvalue weighted by Gasteiger charge is 2.32. The number of carbonyl (C=O) groups is 1. The molecule has 2 aromatic heterocycles. The van der Waals surface area contributed by atoms with E-state index in [1.807, 2.05) is 53.4 Å². The van der Waals surface area contributed by atoms with Crippen molar-refractivity contribution in [3.8, 4) is 0 Å². The molecule has 1 fully saturated rings. The Morgan fingerprint density at radius 3 is 2.38 bits per heavy atom. The molecule has 6 rings (SSSR count). The van der Waals surface area contributed by atoms with E-state index in [0.29, 0.717) is 12.5 Å². The lowest BCUT2D eigenvalue weighted by molar-refractivity contribution is -0.115. The first-order valence-corrected chi connectivity index (χ1v) is 12.4. The van der Waals surface area contributed by atoms with Gasteiger partial charge >= 0.3 is 0 Å². The van der Waals surface area contributed by atoms with Crippen molar-refractivity contribution < 1.29 is 9.21 Å². The van der Waals surface area contributed by atoms with E-state index in [1.54, 1.807) is 18.0 Å². The SMILES string of the molecule is O=C(CSc1nnc(C2CC2)n1Cc1ccco1)N1c2ccccc2Sc2ccccc21. The molecular formula is C24H20N4O2S2. The minimum Gasteiger partial charge on any atom is -0.467 e. The van der Waals surface area contributed by atoms with Crippen molar-refractivity contribution in [1.29, 1.82) is 0 Å². The van der Waals surface area contributed by atoms with E-state index in [4.69, 9.17) is 4.42 Å². The number of aromatic nitrogens is 3. The highest BCUT2D eigenvalue weighted by Crippen LogP contribution is 2.48. The van der Waals surface area contributed by atoms with Gasteiger partial charge in [-0.2, -0.15) is 0 Å². The molecule has 0 bridgehead atoms. The van der Waals surface area contributed by atoms with E-state index in [9.17, 15) is 4.79 Å². The van der Waals surface area contributed by atoms with Crippen LogP contribution in [0.25, 0.3) is 0 Å². The summed E-state index contributed by atoms with van der Waals surface area (Å²) in [5, 5.41) is 9.62. The molecule has 4 aromatic rings. The van der Waals surface area contributed by atoms with E-state index in [0.717, 1.165) is 50.7 Å². The smallest absolute Gasteiger partial charge is 0.242 e. The molecule has 0 radical (unpaired) electrons. The number of hydrogen-bond acceptors (Lipinski definition) is 6. The van der Waals surface area contributed by atoms with Crippen molar-refractivity contribution in [2.75, 3.05) is 10.7 Å². The molecule has 6 nitrogen and oxygen atoms in total. The molecule has 1 aliphatic carbocycles. The summed E-state index contributed by atoms with van der Waals surface area (Å²) in [7, 11) is 0. The summed E-state index contributed by atoms with van der Waals surface area (Å²) in [5.74, 6) is 2.60. The van der Waals surface area contributed by atoms with Crippen LogP contribution in [0.15, 0.2) is 86.3 Å². The number of anilines is 2. The Bertz CT molecular complexity index is 1240. The van der Waals surface area contributed by atoms with Crippen molar-refractivity contribution in [2.45, 2.75) is 40.3 Å². The molecule has 0 saturated heterocycles. The van der Waals surface area contributed by atoms with Gasteiger partial charge in [-0.1, -0.05) is 47.8 Å². The van der Waals surface area contributed by atoms with Crippen molar-refractivity contribution in [2.24, 2.45) is 0 Å². The van der Waals surface area contributed by atoms with Crippen LogP contribution >= 0.6 is 23.5 Å². The van der Waals surface area contributed by atoms with E-state index in [2.05, 4.69) is 26.9 Å². The van der Waals surface area contributed by atoms with Gasteiger partial charge in [-0.3, -0.25) is 14.3 Å². The maximum atomic E-state index is 13.5. The highest BCUT2D eigenvalue weighted by atomic mass is 32.2. The Morgan fingerprint density at radius 1 is 1.00 bits per heavy atom. The number of carbonyl (C=O) groups excluding carboxylic acids is 1. The Kier molecular flexibility index (Phi) is 5.04. The zero-order valence-electron chi connectivity index (χ0n) is 17.2. The maximum absolute atomic E-state index is 13.5. The molecule has 1 amide bonds. The minimum atomic E-state index is 0.0238. The lowest BCUT2D eigenvalue weighted by Gasteiger charge is -2.30. The molecular weight excluding hydrogens is 440 g/mol. The second kappa shape index (κ2) is 8.18. The molecule has 0 unspecified atom stereocenters. The van der Waals surface area contributed by atoms with E-state index >= 15 is 0 Å². The number of rotatable bonds is 6. The number of nitrogens with zero attached hydrogens (tertiary/aromatic N) is 4. The van der Waals surface area contributed by atoms with E-state index in [1.165, 1.54) is 11.8 Å². The maximum Gasteiger partial charge on any atom is 0.242 e. The Labute approximate surface area is 194 Å². The molecule has 0 atom stereocenters. The summed E-state index contributed by atoms with van der Waals surface area (Å²) in [6, 6.07) is 19.9. The fourth-order valence-corrected chi connectivity index (χ4v) is 5.77. The van der Waals surface area contributed by atoms with Crippen molar-refractivity contribution in [1.82, 2.24) is 14.8 Å². The summed E-state index contributed by atoms with van der Waals surface area (Å²) >= 11 is 3.13. The van der Waals surface area contributed by atoms with Gasteiger partial charge in [0.1, 0.15) is 11.6 Å². The number of furan rings is 1. The second-order valence-corrected chi connectivity index (χ2v) is 9.86. The summed E-state index contributed by atoms with van der Waals surface area (Å²) in [5.41, 5.74) is 1.86. The molecule has 0 spiro atoms. The van der Waals surface area contributed by atoms with Gasteiger partial charge in [0, 0.05) is 15.7 Å². The van der Waals surface area contributed by atoms with Gasteiger partial charge in [0.05, 0.1) is 29.9 Å². The molecule has 1 saturated carbocycles. The van der Waals surface area contributed by atoms with Crippen LogP contribution in [0.1, 0.15) is 30.3 Å². The van der Waals surface area contributed by atoms with Crippen LogP contribution < -0.4 is 4.90 Å². The van der Waals surface area contributed by atoms with Crippen LogP contribution in [0, 0.1) is 0 Å². The zero-order valence-corrected chi connectivity index (χ0v) is 18.8. The summed E-state index contributed by atoms with van der Waals surface area (Å²) in [6.45, 7) is 0.578. The normalized spacial score (nSPS) is 14.8. The Morgan fingerprint density at radius 2 is 1.72 bits per heavy atom. The lowest BCUT2D eigenvalue weighted by atomic mass is 10.2. The molecule has 8 heteroatoms. The molecule has 32 heavy (non-hydrogen) atoms. The van der Waals surface area contributed by atoms with Gasteiger partial charge in [-0.05, 0) is 49.2 Å². The topological polar surface area (TPSA) is 64.2 Å². The molecule has 2 aliphatic rings. The van der Waals surface area contributed by atoms with Crippen LogP contribution in [0.2, 0.25) is 0 Å². The van der Waals surface area contributed by atoms with Crippen LogP contribution in [0.4, 0.5) is 11.4 Å². The number of para-hydroxylation sites is 2. The largest absolute Gasteiger partial charge is 0.467 e. The predicted octanol–water partition coefficient (Wildman–Crippen LogP) is 5.72. The summed E-state index contributed by atoms with van der Waals surface area (Å²) < 4.78 is 7.65. The third-order valence-electron chi connectivity index (χ3n) is 5.59. The van der Waals surface area contributed by atoms with Gasteiger partial charge in [-0.15, -0.1) is 10.2 Å². The molecule has 2 aromatic carbocycles. The summed E-state index contributed by atoms with van der Waals surface area (Å²) in [6.07, 6.45) is 3.95. The number of hydrogen-bond donors (Lipinski definition) is 0. The third-order valence-corrected chi connectivity index (χ3v) is 7.67. The van der Waals surface area contributed by atoms with Crippen LogP contribution in [-0.2, 0) is 11.3 Å². The van der Waals surface area contributed by atoms with Gasteiger partial charge in [0.15, 0.2) is 5.16 Å². The van der Waals surface area contributed by atoms with Crippen molar-refractivity contribution in [3.63, 3.8) is 0 Å². The van der Waals surface area contributed by atoms with E-state index in [-0.39, 0.29) is 11.7 Å². The van der Waals surface area contributed by atoms with Gasteiger partial charge in [0.2, 0.25) is 5.91 Å². The average molecular weight is 461 g/mol. The highest BCUT2D eigenvalue weighted by molar-refractivity contribution is 8.00. The standard InChI is InChI=1S/C24H20N4O2S2/c29-22(28-18-7-1-3-9-20(18)32-21-10-4-2-8-19(21)28)15-31-24-26-25-23(16-11-12-16)27(24)14-17-6-5-13-30-17/h1-10,13,16H,11-12,14-15H2. The van der Waals surface area contributed by atoms with Crippen LogP contribution in [0.5, 0.6) is 0 Å². The average Bonchev–Trinajstić information content (AvgIpc) is 3.38. The quantitative estimate of drug-likeness (QED) is 0.343. The van der Waals surface area contributed by atoms with Gasteiger partial charge < -0.3 is 4.42 Å². The summed E-state index contributed by atoms with van der Waals surface area (Å²) in [4.78, 5) is 17.5. The molecule has 160 valence electrons. The Hall–Kier alpha value is -2.97. The zero-order chi connectivity index (χ0) is 21.5. The molecule has 3 heterocycles. The van der Waals surface area contributed by atoms with Crippen LogP contribution in [0.3, 0.4) is 0 Å². The van der Waals surface area contributed by atoms with Crippen molar-refractivity contribution in [3.05, 3.63) is 78.5 Å². The van der Waals surface area contributed by atoms with Crippen LogP contribution in [-0.4, -0.2) is 26.4 Å². The monoisotopic (exact) mass is 460 g/mol. The number of amides is 1. The third kappa shape index (κ3) is 3.63. The fourth-order valence-electron chi connectivity index (χ4n) is 3.92. The van der Waals surface area contributed by atoms with Gasteiger partial charge in [0.25, 0.3) is 0 Å². The molecule has 1 aliphatic heterocycles. The number of thioether (sulfide) groups is 1. The Balaban J connectivity index is 1.27. The predicted molar refractivity (Wildman–Crippen MR) is 125 cm³/mol. The first-order valence-electron chi connectivity index (χ1n) is 10.5. The fraction of sp³-hybridized carbons (Fsp3) is 0.208. The minimum absolute atomic E-state index is 0.0238. The number of fused-ring (bicyclic) bond motifs is 2. The number of benzene rings is 2. The van der Waals surface area contributed by atoms with E-state index < -0.39 is 0 Å². The first kappa shape index (κ1) is 19.7. The van der Waals surface area contributed by atoms with Crippen molar-refractivity contribution >= 4 is 40.8 Å². The first-order chi connectivity index (χ1) is 15.8. The second-order valence-electron chi connectivity index (χ2n) is 7.84. The molecule has 0 N–H and O–H groups in total. The van der Waals surface area contributed by atoms with Gasteiger partial charge in [-0.25, -0.2) is 0 Å².